The first kappa shape index (κ1) is 23.6. The van der Waals surface area contributed by atoms with Crippen molar-refractivity contribution in [2.75, 3.05) is 19.8 Å². The Morgan fingerprint density at radius 3 is 2.37 bits per heavy atom. The predicted octanol–water partition coefficient (Wildman–Crippen LogP) is 3.25. The third-order valence-corrected chi connectivity index (χ3v) is 6.00. The van der Waals surface area contributed by atoms with Gasteiger partial charge in [0, 0.05) is 23.7 Å². The number of carbonyl (C=O) groups is 1. The van der Waals surface area contributed by atoms with Gasteiger partial charge in [-0.15, -0.1) is 0 Å². The molecule has 1 aromatic carbocycles. The van der Waals surface area contributed by atoms with Crippen LogP contribution in [0.3, 0.4) is 0 Å². The Morgan fingerprint density at radius 2 is 1.89 bits per heavy atom. The van der Waals surface area contributed by atoms with Gasteiger partial charge in [0.15, 0.2) is 0 Å². The molecule has 27 heavy (non-hydrogen) atoms. The molecule has 152 valence electrons. The van der Waals surface area contributed by atoms with Crippen molar-refractivity contribution in [1.82, 2.24) is 4.31 Å². The van der Waals surface area contributed by atoms with Gasteiger partial charge in [0.25, 0.3) is 0 Å². The Hall–Kier alpha value is -1.41. The van der Waals surface area contributed by atoms with Crippen LogP contribution in [0.4, 0.5) is 0 Å². The van der Waals surface area contributed by atoms with Crippen LogP contribution in [-0.4, -0.2) is 49.6 Å². The van der Waals surface area contributed by atoms with Crippen LogP contribution >= 0.6 is 11.6 Å². The fourth-order valence-corrected chi connectivity index (χ4v) is 4.45. The summed E-state index contributed by atoms with van der Waals surface area (Å²) in [5, 5.41) is 10.3. The van der Waals surface area contributed by atoms with Crippen LogP contribution in [0, 0.1) is 5.92 Å². The number of nitrogens with zero attached hydrogens (tertiary/aromatic N) is 1. The van der Waals surface area contributed by atoms with E-state index in [1.807, 2.05) is 13.8 Å². The van der Waals surface area contributed by atoms with E-state index < -0.39 is 22.0 Å². The number of ether oxygens (including phenoxy) is 1. The summed E-state index contributed by atoms with van der Waals surface area (Å²) in [7, 11) is -3.90. The zero-order valence-corrected chi connectivity index (χ0v) is 17.8. The van der Waals surface area contributed by atoms with Gasteiger partial charge in [0.05, 0.1) is 18.1 Å². The van der Waals surface area contributed by atoms with Gasteiger partial charge in [-0.2, -0.15) is 4.31 Å². The minimum Gasteiger partial charge on any atom is -0.463 e. The summed E-state index contributed by atoms with van der Waals surface area (Å²) in [6.45, 7) is 7.16. The van der Waals surface area contributed by atoms with Crippen LogP contribution in [0.15, 0.2) is 40.8 Å². The lowest BCUT2D eigenvalue weighted by molar-refractivity contribution is -0.137. The van der Waals surface area contributed by atoms with Crippen LogP contribution in [0.1, 0.15) is 34.1 Å². The lowest BCUT2D eigenvalue weighted by Crippen LogP contribution is -2.44. The van der Waals surface area contributed by atoms with E-state index in [-0.39, 0.29) is 30.6 Å². The standard InChI is InChI=1S/C19H28ClNO5S/c1-5-26-19(23)11-15(4)12-21(17(13-22)10-14(2)3)27(24,25)18-8-6-16(20)7-9-18/h6-9,11,14,17,22H,5,10,12-13H2,1-4H3/b15-11+. The van der Waals surface area contributed by atoms with Gasteiger partial charge >= 0.3 is 5.97 Å². The molecule has 0 aliphatic carbocycles. The molecule has 0 heterocycles. The highest BCUT2D eigenvalue weighted by Crippen LogP contribution is 2.24. The number of carbonyl (C=O) groups excluding carboxylic acids is 1. The molecular formula is C19H28ClNO5S. The highest BCUT2D eigenvalue weighted by Gasteiger charge is 2.32. The molecule has 1 rings (SSSR count). The first-order valence-electron chi connectivity index (χ1n) is 8.84. The number of benzene rings is 1. The molecule has 0 fully saturated rings. The molecule has 0 saturated heterocycles. The molecule has 1 N–H and O–H groups in total. The van der Waals surface area contributed by atoms with E-state index in [2.05, 4.69) is 0 Å². The number of hydrogen-bond donors (Lipinski definition) is 1. The molecule has 0 aromatic heterocycles. The minimum atomic E-state index is -3.90. The van der Waals surface area contributed by atoms with Crippen LogP contribution in [0.2, 0.25) is 5.02 Å². The van der Waals surface area contributed by atoms with Crippen molar-refractivity contribution in [2.24, 2.45) is 5.92 Å². The summed E-state index contributed by atoms with van der Waals surface area (Å²) in [5.74, 6) is -0.345. The van der Waals surface area contributed by atoms with E-state index in [0.29, 0.717) is 17.0 Å². The van der Waals surface area contributed by atoms with Crippen LogP contribution < -0.4 is 0 Å². The van der Waals surface area contributed by atoms with Crippen molar-refractivity contribution in [3.63, 3.8) is 0 Å². The second kappa shape index (κ2) is 10.8. The van der Waals surface area contributed by atoms with Gasteiger partial charge in [0.2, 0.25) is 10.0 Å². The summed E-state index contributed by atoms with van der Waals surface area (Å²) < 4.78 is 32.5. The van der Waals surface area contributed by atoms with Crippen LogP contribution in [0.25, 0.3) is 0 Å². The largest absolute Gasteiger partial charge is 0.463 e. The molecule has 1 unspecified atom stereocenters. The van der Waals surface area contributed by atoms with Crippen molar-refractivity contribution in [3.8, 4) is 0 Å². The van der Waals surface area contributed by atoms with E-state index in [4.69, 9.17) is 16.3 Å². The van der Waals surface area contributed by atoms with Crippen molar-refractivity contribution in [2.45, 2.75) is 45.1 Å². The maximum absolute atomic E-state index is 13.2. The Kier molecular flexibility index (Phi) is 9.45. The summed E-state index contributed by atoms with van der Waals surface area (Å²) in [4.78, 5) is 11.8. The van der Waals surface area contributed by atoms with Gasteiger partial charge in [-0.05, 0) is 50.5 Å². The SMILES string of the molecule is CCOC(=O)/C=C(\C)CN(C(CO)CC(C)C)S(=O)(=O)c1ccc(Cl)cc1. The van der Waals surface area contributed by atoms with Gasteiger partial charge < -0.3 is 9.84 Å². The number of rotatable bonds is 10. The van der Waals surface area contributed by atoms with Crippen LogP contribution in [-0.2, 0) is 19.6 Å². The van der Waals surface area contributed by atoms with Gasteiger partial charge in [-0.3, -0.25) is 0 Å². The number of aliphatic hydroxyl groups is 1. The lowest BCUT2D eigenvalue weighted by Gasteiger charge is -2.31. The molecule has 0 radical (unpaired) electrons. The monoisotopic (exact) mass is 417 g/mol. The predicted molar refractivity (Wildman–Crippen MR) is 106 cm³/mol. The average molecular weight is 418 g/mol. The number of esters is 1. The maximum atomic E-state index is 13.2. The molecule has 1 aromatic rings. The second-order valence-electron chi connectivity index (χ2n) is 6.71. The topological polar surface area (TPSA) is 83.9 Å². The van der Waals surface area contributed by atoms with Crippen molar-refractivity contribution < 1.29 is 23.1 Å². The third kappa shape index (κ3) is 7.25. The third-order valence-electron chi connectivity index (χ3n) is 3.84. The fourth-order valence-electron chi connectivity index (χ4n) is 2.66. The fraction of sp³-hybridized carbons (Fsp3) is 0.526. The van der Waals surface area contributed by atoms with Gasteiger partial charge in [-0.25, -0.2) is 13.2 Å². The van der Waals surface area contributed by atoms with Gasteiger partial charge in [0.1, 0.15) is 0 Å². The molecule has 0 amide bonds. The summed E-state index contributed by atoms with van der Waals surface area (Å²) in [5.41, 5.74) is 0.521. The smallest absolute Gasteiger partial charge is 0.330 e. The van der Waals surface area contributed by atoms with Gasteiger partial charge in [-0.1, -0.05) is 31.0 Å². The Bertz CT molecular complexity index is 744. The molecular weight excluding hydrogens is 390 g/mol. The number of hydrogen-bond acceptors (Lipinski definition) is 5. The molecule has 0 bridgehead atoms. The summed E-state index contributed by atoms with van der Waals surface area (Å²) in [6.07, 6.45) is 1.76. The van der Waals surface area contributed by atoms with E-state index in [0.717, 1.165) is 0 Å². The molecule has 1 atom stereocenters. The zero-order valence-electron chi connectivity index (χ0n) is 16.2. The van der Waals surface area contributed by atoms with E-state index in [1.165, 1.54) is 34.6 Å². The molecule has 6 nitrogen and oxygen atoms in total. The van der Waals surface area contributed by atoms with Crippen molar-refractivity contribution >= 4 is 27.6 Å². The van der Waals surface area contributed by atoms with Crippen molar-refractivity contribution in [3.05, 3.63) is 40.9 Å². The summed E-state index contributed by atoms with van der Waals surface area (Å²) >= 11 is 5.86. The molecule has 0 aliphatic heterocycles. The summed E-state index contributed by atoms with van der Waals surface area (Å²) in [6, 6.07) is 5.25. The average Bonchev–Trinajstić information content (AvgIpc) is 2.58. The zero-order chi connectivity index (χ0) is 20.6. The normalized spacial score (nSPS) is 13.9. The molecule has 0 aliphatic rings. The minimum absolute atomic E-state index is 0.0261. The highest BCUT2D eigenvalue weighted by molar-refractivity contribution is 7.89. The lowest BCUT2D eigenvalue weighted by atomic mass is 10.0. The number of sulfonamides is 1. The number of halogens is 1. The van der Waals surface area contributed by atoms with E-state index >= 15 is 0 Å². The van der Waals surface area contributed by atoms with Crippen molar-refractivity contribution in [1.29, 1.82) is 0 Å². The molecule has 8 heteroatoms. The maximum Gasteiger partial charge on any atom is 0.330 e. The Morgan fingerprint density at radius 1 is 1.30 bits per heavy atom. The van der Waals surface area contributed by atoms with E-state index in [9.17, 15) is 18.3 Å². The second-order valence-corrected chi connectivity index (χ2v) is 9.04. The van der Waals surface area contributed by atoms with E-state index in [1.54, 1.807) is 13.8 Å². The molecule has 0 saturated carbocycles. The Balaban J connectivity index is 3.28. The van der Waals surface area contributed by atoms with Crippen LogP contribution in [0.5, 0.6) is 0 Å². The first-order valence-corrected chi connectivity index (χ1v) is 10.7. The quantitative estimate of drug-likeness (QED) is 0.466. The Labute approximate surface area is 166 Å². The first-order chi connectivity index (χ1) is 12.6. The number of aliphatic hydroxyl groups excluding tert-OH is 1. The molecule has 0 spiro atoms. The highest BCUT2D eigenvalue weighted by atomic mass is 35.5.